The van der Waals surface area contributed by atoms with Gasteiger partial charge in [-0.2, -0.15) is 18.6 Å². The number of nitrogens with zero attached hydrogens (tertiary/aromatic N) is 2. The summed E-state index contributed by atoms with van der Waals surface area (Å²) in [5.41, 5.74) is 0.527. The van der Waals surface area contributed by atoms with Gasteiger partial charge < -0.3 is 15.2 Å². The Morgan fingerprint density at radius 1 is 1.08 bits per heavy atom. The summed E-state index contributed by atoms with van der Waals surface area (Å²) in [5, 5.41) is 25.4. The molecule has 4 aromatic carbocycles. The van der Waals surface area contributed by atoms with Crippen molar-refractivity contribution in [3.63, 3.8) is 0 Å². The summed E-state index contributed by atoms with van der Waals surface area (Å²) in [6, 6.07) is 15.4. The van der Waals surface area contributed by atoms with E-state index in [1.807, 2.05) is 0 Å². The Labute approximate surface area is 256 Å². The van der Waals surface area contributed by atoms with Crippen molar-refractivity contribution in [3.05, 3.63) is 81.8 Å². The minimum Gasteiger partial charge on any atom is -0.870 e. The van der Waals surface area contributed by atoms with E-state index in [2.05, 4.69) is 15.5 Å². The van der Waals surface area contributed by atoms with Crippen molar-refractivity contribution < 1.29 is 57.2 Å². The molecule has 39 heavy (non-hydrogen) atoms. The first-order valence-corrected chi connectivity index (χ1v) is 13.3. The van der Waals surface area contributed by atoms with Crippen LogP contribution in [0.15, 0.2) is 75.8 Å². The van der Waals surface area contributed by atoms with Gasteiger partial charge in [0.1, 0.15) is 10.6 Å². The number of methoxy groups -OCH3 is 1. The Bertz CT molecular complexity index is 1710. The molecular weight excluding hydrogens is 576 g/mol. The van der Waals surface area contributed by atoms with Crippen molar-refractivity contribution in [2.45, 2.75) is 18.2 Å². The van der Waals surface area contributed by atoms with Gasteiger partial charge >= 0.3 is 29.6 Å². The Morgan fingerprint density at radius 2 is 1.79 bits per heavy atom. The first kappa shape index (κ1) is 30.8. The summed E-state index contributed by atoms with van der Waals surface area (Å²) >= 11 is 12.4. The van der Waals surface area contributed by atoms with E-state index in [0.717, 1.165) is 6.07 Å². The van der Waals surface area contributed by atoms with Crippen LogP contribution in [0.4, 0.5) is 17.1 Å². The van der Waals surface area contributed by atoms with Crippen molar-refractivity contribution in [3.8, 4) is 11.5 Å². The standard InChI is InChI=1S/C26H21Cl2N3O6S.Na/c1-3-16-20(10-11-22(23(16)28)38(34,35)36)30-31-24-17-7-5-4-6-14(17)12-18(25(24)32)26(33)29-21-9-8-15(37-2)13-19(21)27;/h4-13,32H,3H2,1-2H3,(H,29,33)(H,34,35,36);/q;+1/p-1. The van der Waals surface area contributed by atoms with Crippen LogP contribution in [0.5, 0.6) is 11.5 Å². The molecule has 0 saturated heterocycles. The van der Waals surface area contributed by atoms with Crippen LogP contribution in [0.1, 0.15) is 22.8 Å². The van der Waals surface area contributed by atoms with Crippen molar-refractivity contribution in [2.75, 3.05) is 12.4 Å². The number of nitrogens with one attached hydrogen (secondary N) is 1. The fourth-order valence-corrected chi connectivity index (χ4v) is 5.21. The maximum absolute atomic E-state index is 13.4. The quantitative estimate of drug-likeness (QED) is 0.189. The van der Waals surface area contributed by atoms with Gasteiger partial charge in [0.25, 0.3) is 16.0 Å². The second-order valence-corrected chi connectivity index (χ2v) is 10.2. The zero-order valence-corrected chi connectivity index (χ0v) is 25.4. The number of carbonyl (C=O) groups is 1. The van der Waals surface area contributed by atoms with E-state index in [1.54, 1.807) is 43.3 Å². The number of amides is 1. The molecule has 0 unspecified atom stereocenters. The average Bonchev–Trinajstić information content (AvgIpc) is 2.88. The smallest absolute Gasteiger partial charge is 0.870 e. The summed E-state index contributed by atoms with van der Waals surface area (Å²) in [7, 11) is -3.06. The third-order valence-electron chi connectivity index (χ3n) is 5.72. The van der Waals surface area contributed by atoms with E-state index in [-0.39, 0.29) is 68.6 Å². The van der Waals surface area contributed by atoms with E-state index in [4.69, 9.17) is 27.9 Å². The number of carbonyl (C=O) groups excluding carboxylic acids is 1. The third kappa shape index (κ3) is 6.55. The molecule has 4 aromatic rings. The van der Waals surface area contributed by atoms with E-state index < -0.39 is 26.7 Å². The number of hydrogen-bond donors (Lipinski definition) is 2. The minimum absolute atomic E-state index is 0. The molecular formula is C26H20Cl2N3NaO6S. The molecule has 0 spiro atoms. The number of ether oxygens (including phenoxy) is 1. The van der Waals surface area contributed by atoms with Crippen LogP contribution in [0.3, 0.4) is 0 Å². The van der Waals surface area contributed by atoms with Crippen molar-refractivity contribution in [1.82, 2.24) is 0 Å². The van der Waals surface area contributed by atoms with E-state index in [0.29, 0.717) is 22.1 Å². The zero-order chi connectivity index (χ0) is 27.6. The van der Waals surface area contributed by atoms with Gasteiger partial charge in [-0.25, -0.2) is 0 Å². The second kappa shape index (κ2) is 12.6. The molecule has 0 saturated carbocycles. The van der Waals surface area contributed by atoms with Crippen LogP contribution in [0.25, 0.3) is 10.8 Å². The number of hydrogen-bond acceptors (Lipinski definition) is 7. The van der Waals surface area contributed by atoms with Gasteiger partial charge in [0.05, 0.1) is 34.2 Å². The fraction of sp³-hybridized carbons (Fsp3) is 0.115. The SMILES string of the molecule is CCc1c(N=Nc2c([O-])c(C(=O)Nc3ccc(OC)cc3Cl)cc3ccccc23)ccc(S(=O)(=O)O)c1Cl.[Na+]. The van der Waals surface area contributed by atoms with Gasteiger partial charge in [-0.1, -0.05) is 60.1 Å². The minimum atomic E-state index is -4.55. The van der Waals surface area contributed by atoms with Gasteiger partial charge in [-0.15, -0.1) is 0 Å². The van der Waals surface area contributed by atoms with Gasteiger partial charge in [-0.05, 0) is 47.7 Å². The fourth-order valence-electron chi connectivity index (χ4n) is 3.81. The average molecular weight is 596 g/mol. The van der Waals surface area contributed by atoms with Crippen LogP contribution < -0.4 is 44.7 Å². The molecule has 9 nitrogen and oxygen atoms in total. The first-order chi connectivity index (χ1) is 18.0. The van der Waals surface area contributed by atoms with Crippen LogP contribution in [-0.4, -0.2) is 26.0 Å². The summed E-state index contributed by atoms with van der Waals surface area (Å²) in [5.74, 6) is -0.866. The molecule has 0 bridgehead atoms. The van der Waals surface area contributed by atoms with Crippen molar-refractivity contribution in [2.24, 2.45) is 10.2 Å². The molecule has 1 amide bonds. The first-order valence-electron chi connectivity index (χ1n) is 11.1. The predicted molar refractivity (Wildman–Crippen MR) is 144 cm³/mol. The van der Waals surface area contributed by atoms with Gasteiger partial charge in [-0.3, -0.25) is 9.35 Å². The van der Waals surface area contributed by atoms with Gasteiger partial charge in [0.2, 0.25) is 0 Å². The molecule has 196 valence electrons. The Kier molecular flexibility index (Phi) is 10.0. The number of azo groups is 1. The summed E-state index contributed by atoms with van der Waals surface area (Å²) < 4.78 is 37.8. The molecule has 0 radical (unpaired) electrons. The molecule has 4 rings (SSSR count). The second-order valence-electron chi connectivity index (χ2n) is 8.03. The summed E-state index contributed by atoms with van der Waals surface area (Å²) in [6.07, 6.45) is 0.270. The Morgan fingerprint density at radius 3 is 2.44 bits per heavy atom. The van der Waals surface area contributed by atoms with Gasteiger partial charge in [0.15, 0.2) is 0 Å². The molecule has 0 aliphatic rings. The Hall–Kier alpha value is -2.70. The van der Waals surface area contributed by atoms with E-state index in [9.17, 15) is 22.9 Å². The molecule has 0 aliphatic heterocycles. The number of fused-ring (bicyclic) bond motifs is 1. The number of halogens is 2. The molecule has 0 atom stereocenters. The monoisotopic (exact) mass is 595 g/mol. The summed E-state index contributed by atoms with van der Waals surface area (Å²) in [4.78, 5) is 12.7. The zero-order valence-electron chi connectivity index (χ0n) is 21.0. The molecule has 0 aromatic heterocycles. The summed E-state index contributed by atoms with van der Waals surface area (Å²) in [6.45, 7) is 1.72. The van der Waals surface area contributed by atoms with Crippen LogP contribution in [0.2, 0.25) is 10.0 Å². The van der Waals surface area contributed by atoms with E-state index >= 15 is 0 Å². The number of anilines is 1. The maximum atomic E-state index is 13.4. The third-order valence-corrected chi connectivity index (χ3v) is 7.47. The van der Waals surface area contributed by atoms with Gasteiger partial charge in [0, 0.05) is 17.0 Å². The topological polar surface area (TPSA) is 140 Å². The number of benzene rings is 4. The molecule has 0 heterocycles. The van der Waals surface area contributed by atoms with Crippen molar-refractivity contribution >= 4 is 67.1 Å². The molecule has 13 heteroatoms. The Balaban J connectivity index is 0.00000420. The molecule has 0 aliphatic carbocycles. The van der Waals surface area contributed by atoms with Crippen molar-refractivity contribution in [1.29, 1.82) is 0 Å². The van der Waals surface area contributed by atoms with Crippen LogP contribution in [0, 0.1) is 0 Å². The number of rotatable bonds is 7. The van der Waals surface area contributed by atoms with Crippen LogP contribution >= 0.6 is 23.2 Å². The molecule has 0 fully saturated rings. The maximum Gasteiger partial charge on any atom is 1.00 e. The normalized spacial score (nSPS) is 11.4. The molecule has 2 N–H and O–H groups in total. The van der Waals surface area contributed by atoms with Crippen LogP contribution in [-0.2, 0) is 16.5 Å². The predicted octanol–water partition coefficient (Wildman–Crippen LogP) is 3.71. The largest absolute Gasteiger partial charge is 1.00 e. The van der Waals surface area contributed by atoms with E-state index in [1.165, 1.54) is 25.3 Å².